The van der Waals surface area contributed by atoms with E-state index in [4.69, 9.17) is 20.9 Å². The van der Waals surface area contributed by atoms with E-state index in [9.17, 15) is 20.0 Å². The molecule has 0 saturated heterocycles. The Kier molecular flexibility index (Phi) is 5.71. The number of methoxy groups -OCH3 is 1. The van der Waals surface area contributed by atoms with E-state index < -0.39 is 17.6 Å². The van der Waals surface area contributed by atoms with Crippen LogP contribution in [0.3, 0.4) is 0 Å². The maximum absolute atomic E-state index is 12.8. The van der Waals surface area contributed by atoms with Gasteiger partial charge in [0, 0.05) is 34.7 Å². The summed E-state index contributed by atoms with van der Waals surface area (Å²) in [5, 5.41) is 23.2. The fraction of sp³-hybridized carbons (Fsp3) is 0.200. The van der Waals surface area contributed by atoms with Gasteiger partial charge in [-0.05, 0) is 25.1 Å². The van der Waals surface area contributed by atoms with Gasteiger partial charge in [-0.15, -0.1) is 0 Å². The number of benzene rings is 1. The van der Waals surface area contributed by atoms with E-state index >= 15 is 0 Å². The van der Waals surface area contributed by atoms with Crippen LogP contribution in [0.2, 0.25) is 5.02 Å². The second kappa shape index (κ2) is 8.20. The van der Waals surface area contributed by atoms with Crippen molar-refractivity contribution in [2.45, 2.75) is 19.4 Å². The first kappa shape index (κ1) is 20.2. The second-order valence-corrected chi connectivity index (χ2v) is 6.73. The Labute approximate surface area is 170 Å². The molecule has 0 saturated carbocycles. The van der Waals surface area contributed by atoms with Gasteiger partial charge >= 0.3 is 5.97 Å². The molecular weight excluding hydrogens is 398 g/mol. The van der Waals surface area contributed by atoms with Gasteiger partial charge < -0.3 is 14.4 Å². The molecule has 0 bridgehead atoms. The fourth-order valence-corrected chi connectivity index (χ4v) is 3.17. The maximum Gasteiger partial charge on any atom is 0.327 e. The molecule has 8 nitrogen and oxygen atoms in total. The second-order valence-electron chi connectivity index (χ2n) is 6.29. The van der Waals surface area contributed by atoms with Crippen molar-refractivity contribution in [3.05, 3.63) is 68.9 Å². The third-order valence-corrected chi connectivity index (χ3v) is 4.59. The van der Waals surface area contributed by atoms with Crippen molar-refractivity contribution >= 4 is 17.6 Å². The number of aliphatic carboxylic acids is 1. The number of carbonyl (C=O) groups is 1. The van der Waals surface area contributed by atoms with Crippen LogP contribution in [0.5, 0.6) is 5.75 Å². The lowest BCUT2D eigenvalue weighted by Gasteiger charge is -2.18. The molecule has 1 unspecified atom stereocenters. The Morgan fingerprint density at radius 1 is 1.38 bits per heavy atom. The minimum atomic E-state index is -1.22. The van der Waals surface area contributed by atoms with Crippen LogP contribution < -0.4 is 10.3 Å². The average Bonchev–Trinajstić information content (AvgIpc) is 3.11. The molecule has 148 valence electrons. The number of hydrogen-bond acceptors (Lipinski definition) is 6. The summed E-state index contributed by atoms with van der Waals surface area (Å²) < 4.78 is 11.4. The van der Waals surface area contributed by atoms with E-state index in [0.29, 0.717) is 33.2 Å². The van der Waals surface area contributed by atoms with Crippen LogP contribution >= 0.6 is 11.6 Å². The number of aromatic nitrogens is 2. The fourth-order valence-electron chi connectivity index (χ4n) is 3.00. The number of rotatable bonds is 6. The highest BCUT2D eigenvalue weighted by atomic mass is 35.5. The molecule has 0 aliphatic rings. The lowest BCUT2D eigenvalue weighted by Crippen LogP contribution is -2.31. The van der Waals surface area contributed by atoms with E-state index in [1.54, 1.807) is 25.1 Å². The van der Waals surface area contributed by atoms with Crippen LogP contribution in [0.4, 0.5) is 0 Å². The topological polar surface area (TPSA) is 118 Å². The van der Waals surface area contributed by atoms with Crippen molar-refractivity contribution in [3.8, 4) is 22.9 Å². The molecular formula is C20H16ClN3O5. The quantitative estimate of drug-likeness (QED) is 0.658. The van der Waals surface area contributed by atoms with E-state index in [2.05, 4.69) is 5.16 Å². The first-order valence-electron chi connectivity index (χ1n) is 8.49. The predicted molar refractivity (Wildman–Crippen MR) is 104 cm³/mol. The Morgan fingerprint density at radius 3 is 2.72 bits per heavy atom. The summed E-state index contributed by atoms with van der Waals surface area (Å²) in [4.78, 5) is 24.6. The van der Waals surface area contributed by atoms with Gasteiger partial charge in [-0.1, -0.05) is 16.8 Å². The number of carboxylic acid groups (broad SMARTS) is 1. The van der Waals surface area contributed by atoms with Crippen LogP contribution in [-0.2, 0) is 11.2 Å². The van der Waals surface area contributed by atoms with Crippen LogP contribution in [-0.4, -0.2) is 27.9 Å². The number of aryl methyl sites for hydroxylation is 1. The van der Waals surface area contributed by atoms with Gasteiger partial charge in [-0.3, -0.25) is 9.36 Å². The zero-order valence-corrected chi connectivity index (χ0v) is 16.3. The summed E-state index contributed by atoms with van der Waals surface area (Å²) >= 11 is 6.05. The summed E-state index contributed by atoms with van der Waals surface area (Å²) in [6, 6.07) is 8.32. The van der Waals surface area contributed by atoms with Crippen molar-refractivity contribution in [3.63, 3.8) is 0 Å². The number of pyridine rings is 1. The van der Waals surface area contributed by atoms with Gasteiger partial charge in [0.1, 0.15) is 17.6 Å². The number of nitrogens with zero attached hydrogens (tertiary/aromatic N) is 3. The summed E-state index contributed by atoms with van der Waals surface area (Å²) in [6.45, 7) is 1.69. The SMILES string of the molecule is COc1cn(C(Cc2cc(C)on2)C(=O)O)c(=O)cc1-c1cc(Cl)ccc1C#N. The molecule has 2 aromatic heterocycles. The molecule has 1 atom stereocenters. The molecule has 0 spiro atoms. The molecule has 2 heterocycles. The summed E-state index contributed by atoms with van der Waals surface area (Å²) in [6.07, 6.45) is 1.27. The number of ether oxygens (including phenoxy) is 1. The van der Waals surface area contributed by atoms with Gasteiger partial charge in [-0.2, -0.15) is 5.26 Å². The van der Waals surface area contributed by atoms with E-state index in [1.807, 2.05) is 6.07 Å². The molecule has 0 radical (unpaired) electrons. The molecule has 0 amide bonds. The highest BCUT2D eigenvalue weighted by Crippen LogP contribution is 2.33. The summed E-state index contributed by atoms with van der Waals surface area (Å²) in [7, 11) is 1.39. The number of hydrogen-bond donors (Lipinski definition) is 1. The number of carboxylic acids is 1. The lowest BCUT2D eigenvalue weighted by atomic mass is 10.00. The minimum Gasteiger partial charge on any atom is -0.495 e. The Morgan fingerprint density at radius 2 is 2.14 bits per heavy atom. The zero-order valence-electron chi connectivity index (χ0n) is 15.5. The smallest absolute Gasteiger partial charge is 0.327 e. The molecule has 9 heteroatoms. The molecule has 0 aliphatic carbocycles. The Hall–Kier alpha value is -3.57. The van der Waals surface area contributed by atoms with Crippen molar-refractivity contribution in [2.75, 3.05) is 7.11 Å². The van der Waals surface area contributed by atoms with Gasteiger partial charge in [0.2, 0.25) is 0 Å². The average molecular weight is 414 g/mol. The van der Waals surface area contributed by atoms with Crippen molar-refractivity contribution in [2.24, 2.45) is 0 Å². The predicted octanol–water partition coefficient (Wildman–Crippen LogP) is 3.21. The molecule has 1 N–H and O–H groups in total. The van der Waals surface area contributed by atoms with Gasteiger partial charge in [-0.25, -0.2) is 4.79 Å². The van der Waals surface area contributed by atoms with E-state index in [1.165, 1.54) is 25.4 Å². The monoisotopic (exact) mass is 413 g/mol. The van der Waals surface area contributed by atoms with Crippen LogP contribution in [0.25, 0.3) is 11.1 Å². The Bertz CT molecular complexity index is 1180. The van der Waals surface area contributed by atoms with Crippen LogP contribution in [0, 0.1) is 18.3 Å². The standard InChI is InChI=1S/C20H16ClN3O5/c1-11-5-14(23-29-11)7-17(20(26)27)24-10-18(28-2)16(8-19(24)25)15-6-13(21)4-3-12(15)9-22/h3-6,8,10,17H,7H2,1-2H3,(H,26,27). The molecule has 1 aromatic carbocycles. The number of halogens is 1. The third-order valence-electron chi connectivity index (χ3n) is 4.36. The van der Waals surface area contributed by atoms with E-state index in [0.717, 1.165) is 4.57 Å². The lowest BCUT2D eigenvalue weighted by molar-refractivity contribution is -0.141. The highest BCUT2D eigenvalue weighted by molar-refractivity contribution is 6.31. The van der Waals surface area contributed by atoms with Crippen molar-refractivity contribution < 1.29 is 19.2 Å². The van der Waals surface area contributed by atoms with E-state index in [-0.39, 0.29) is 12.2 Å². The maximum atomic E-state index is 12.8. The summed E-state index contributed by atoms with van der Waals surface area (Å²) in [5.41, 5.74) is 0.899. The minimum absolute atomic E-state index is 0.0459. The Balaban J connectivity index is 2.13. The van der Waals surface area contributed by atoms with Gasteiger partial charge in [0.15, 0.2) is 0 Å². The van der Waals surface area contributed by atoms with Gasteiger partial charge in [0.25, 0.3) is 5.56 Å². The molecule has 3 rings (SSSR count). The third kappa shape index (κ3) is 4.15. The van der Waals surface area contributed by atoms with Crippen molar-refractivity contribution in [1.29, 1.82) is 5.26 Å². The molecule has 3 aromatic rings. The molecule has 0 aliphatic heterocycles. The van der Waals surface area contributed by atoms with Gasteiger partial charge in [0.05, 0.1) is 30.6 Å². The molecule has 0 fully saturated rings. The number of nitriles is 1. The van der Waals surface area contributed by atoms with Crippen LogP contribution in [0.15, 0.2) is 45.8 Å². The molecule has 29 heavy (non-hydrogen) atoms. The zero-order chi connectivity index (χ0) is 21.1. The first-order valence-corrected chi connectivity index (χ1v) is 8.87. The normalized spacial score (nSPS) is 11.7. The van der Waals surface area contributed by atoms with Crippen LogP contribution in [0.1, 0.15) is 23.1 Å². The largest absolute Gasteiger partial charge is 0.495 e. The summed E-state index contributed by atoms with van der Waals surface area (Å²) in [5.74, 6) is -0.441. The highest BCUT2D eigenvalue weighted by Gasteiger charge is 2.25. The van der Waals surface area contributed by atoms with Crippen molar-refractivity contribution in [1.82, 2.24) is 9.72 Å². The first-order chi connectivity index (χ1) is 13.8.